The number of carbonyl (C=O) groups excluding carboxylic acids is 2. The fourth-order valence-corrected chi connectivity index (χ4v) is 4.58. The van der Waals surface area contributed by atoms with Crippen molar-refractivity contribution in [1.29, 1.82) is 5.41 Å². The summed E-state index contributed by atoms with van der Waals surface area (Å²) in [6.07, 6.45) is 2.33. The van der Waals surface area contributed by atoms with Gasteiger partial charge in [-0.2, -0.15) is 10.0 Å². The maximum absolute atomic E-state index is 13.1. The second-order valence-corrected chi connectivity index (χ2v) is 10.1. The average Bonchev–Trinajstić information content (AvgIpc) is 3.22. The fraction of sp³-hybridized carbons (Fsp3) is 0.0952. The van der Waals surface area contributed by atoms with Crippen LogP contribution in [-0.2, 0) is 14.6 Å². The maximum atomic E-state index is 13.1. The van der Waals surface area contributed by atoms with E-state index >= 15 is 0 Å². The number of hydrazone groups is 1. The number of esters is 1. The number of benzene rings is 2. The molecule has 0 aliphatic carbocycles. The molecule has 0 radical (unpaired) electrons. The molecule has 2 aromatic rings. The third kappa shape index (κ3) is 4.61. The van der Waals surface area contributed by atoms with E-state index in [0.29, 0.717) is 17.3 Å². The number of aliphatic imine (C=N–C) groups is 1. The van der Waals surface area contributed by atoms with Crippen molar-refractivity contribution in [2.24, 2.45) is 10.1 Å². The quantitative estimate of drug-likeness (QED) is 0.383. The molecule has 0 bridgehead atoms. The molecule has 0 aromatic heterocycles. The Balaban J connectivity index is 1.60. The van der Waals surface area contributed by atoms with Crippen LogP contribution in [0.4, 0.5) is 4.39 Å². The van der Waals surface area contributed by atoms with Crippen LogP contribution in [0.5, 0.6) is 11.5 Å². The second kappa shape index (κ2) is 8.83. The molecule has 2 aliphatic heterocycles. The molecule has 0 fully saturated rings. The predicted molar refractivity (Wildman–Crippen MR) is 124 cm³/mol. The van der Waals surface area contributed by atoms with Crippen molar-refractivity contribution in [3.8, 4) is 11.5 Å². The molecule has 13 heteroatoms. The van der Waals surface area contributed by atoms with Gasteiger partial charge in [0.25, 0.3) is 5.91 Å². The SMILES string of the molecule is COc1cc(/C=C2/C(=N)N3N=C(S(C)(=O)=O)SC3=NC2=O)ccc1OC(=O)c1ccc(F)cc1. The third-order valence-electron chi connectivity index (χ3n) is 4.53. The monoisotopic (exact) mass is 502 g/mol. The number of carbonyl (C=O) groups is 2. The van der Waals surface area contributed by atoms with Gasteiger partial charge in [-0.15, -0.1) is 5.10 Å². The largest absolute Gasteiger partial charge is 0.493 e. The lowest BCUT2D eigenvalue weighted by Gasteiger charge is -2.20. The molecule has 1 N–H and O–H groups in total. The number of sulfone groups is 1. The molecule has 2 aromatic carbocycles. The summed E-state index contributed by atoms with van der Waals surface area (Å²) in [6, 6.07) is 9.27. The highest BCUT2D eigenvalue weighted by Crippen LogP contribution is 2.32. The number of hydrogen-bond donors (Lipinski definition) is 1. The number of rotatable bonds is 4. The van der Waals surface area contributed by atoms with Crippen LogP contribution in [0.3, 0.4) is 0 Å². The molecule has 1 amide bonds. The molecule has 2 aliphatic rings. The first kappa shape index (κ1) is 23.3. The molecule has 2 heterocycles. The van der Waals surface area contributed by atoms with Crippen molar-refractivity contribution in [2.45, 2.75) is 0 Å². The summed E-state index contributed by atoms with van der Waals surface area (Å²) < 4.78 is 46.9. The Bertz CT molecular complexity index is 1430. The van der Waals surface area contributed by atoms with Crippen LogP contribution in [0.25, 0.3) is 6.08 Å². The van der Waals surface area contributed by atoms with Gasteiger partial charge in [-0.3, -0.25) is 10.2 Å². The number of thioether (sulfide) groups is 1. The van der Waals surface area contributed by atoms with Gasteiger partial charge in [0.05, 0.1) is 18.2 Å². The number of fused-ring (bicyclic) bond motifs is 1. The number of ether oxygens (including phenoxy) is 2. The van der Waals surface area contributed by atoms with E-state index in [1.165, 1.54) is 43.5 Å². The number of nitrogens with zero attached hydrogens (tertiary/aromatic N) is 3. The summed E-state index contributed by atoms with van der Waals surface area (Å²) in [5, 5.41) is 13.1. The Morgan fingerprint density at radius 3 is 2.53 bits per heavy atom. The molecule has 0 saturated carbocycles. The minimum absolute atomic E-state index is 0.0202. The van der Waals surface area contributed by atoms with E-state index in [4.69, 9.17) is 14.9 Å². The van der Waals surface area contributed by atoms with Crippen LogP contribution in [0.1, 0.15) is 15.9 Å². The van der Waals surface area contributed by atoms with Gasteiger partial charge in [-0.25, -0.2) is 17.6 Å². The molecule has 174 valence electrons. The average molecular weight is 503 g/mol. The highest BCUT2D eigenvalue weighted by molar-refractivity contribution is 8.42. The van der Waals surface area contributed by atoms with Gasteiger partial charge in [0.15, 0.2) is 17.3 Å². The Kier molecular flexibility index (Phi) is 6.06. The second-order valence-electron chi connectivity index (χ2n) is 6.96. The van der Waals surface area contributed by atoms with E-state index in [0.717, 1.165) is 23.4 Å². The Labute approximate surface area is 197 Å². The molecular formula is C21H15FN4O6S2. The zero-order valence-corrected chi connectivity index (χ0v) is 19.2. The standard InChI is InChI=1S/C21H15FN4O6S2/c1-31-16-10-11(3-8-15(16)32-19(28)12-4-6-13(22)7-5-12)9-14-17(23)26-20(24-18(14)27)33-21(25-26)34(2,29)30/h3-10,23H,1-2H3/b14-9-,23-17?. The number of nitrogens with one attached hydrogen (secondary N) is 1. The molecule has 0 saturated heterocycles. The smallest absolute Gasteiger partial charge is 0.343 e. The van der Waals surface area contributed by atoms with Crippen molar-refractivity contribution in [3.05, 3.63) is 65.0 Å². The molecule has 4 rings (SSSR count). The van der Waals surface area contributed by atoms with Crippen molar-refractivity contribution < 1.29 is 31.9 Å². The van der Waals surface area contributed by atoms with Crippen LogP contribution >= 0.6 is 11.8 Å². The first-order valence-electron chi connectivity index (χ1n) is 9.43. The zero-order chi connectivity index (χ0) is 24.6. The lowest BCUT2D eigenvalue weighted by atomic mass is 10.1. The van der Waals surface area contributed by atoms with Gasteiger partial charge >= 0.3 is 5.97 Å². The highest BCUT2D eigenvalue weighted by Gasteiger charge is 2.38. The van der Waals surface area contributed by atoms with Crippen molar-refractivity contribution >= 4 is 54.9 Å². The lowest BCUT2D eigenvalue weighted by Crippen LogP contribution is -2.35. The van der Waals surface area contributed by atoms with Gasteiger partial charge in [0.2, 0.25) is 19.4 Å². The van der Waals surface area contributed by atoms with Gasteiger partial charge in [-0.1, -0.05) is 6.07 Å². The Hall–Kier alpha value is -3.84. The molecule has 0 atom stereocenters. The van der Waals surface area contributed by atoms with E-state index in [-0.39, 0.29) is 38.0 Å². The van der Waals surface area contributed by atoms with Gasteiger partial charge in [0, 0.05) is 6.26 Å². The van der Waals surface area contributed by atoms with E-state index in [2.05, 4.69) is 10.1 Å². The van der Waals surface area contributed by atoms with Gasteiger partial charge in [-0.05, 0) is 59.8 Å². The van der Waals surface area contributed by atoms with E-state index in [1.54, 1.807) is 0 Å². The summed E-state index contributed by atoms with van der Waals surface area (Å²) in [5.41, 5.74) is 0.437. The lowest BCUT2D eigenvalue weighted by molar-refractivity contribution is -0.114. The molecule has 0 spiro atoms. The Morgan fingerprint density at radius 2 is 1.88 bits per heavy atom. The summed E-state index contributed by atoms with van der Waals surface area (Å²) in [7, 11) is -2.28. The molecular weight excluding hydrogens is 487 g/mol. The van der Waals surface area contributed by atoms with Crippen molar-refractivity contribution in [3.63, 3.8) is 0 Å². The Morgan fingerprint density at radius 1 is 1.18 bits per heavy atom. The minimum atomic E-state index is -3.64. The van der Waals surface area contributed by atoms with Gasteiger partial charge < -0.3 is 9.47 Å². The van der Waals surface area contributed by atoms with E-state index < -0.39 is 27.5 Å². The zero-order valence-electron chi connectivity index (χ0n) is 17.6. The molecule has 10 nitrogen and oxygen atoms in total. The van der Waals surface area contributed by atoms with E-state index in [9.17, 15) is 22.4 Å². The minimum Gasteiger partial charge on any atom is -0.493 e. The van der Waals surface area contributed by atoms with Crippen LogP contribution < -0.4 is 9.47 Å². The number of methoxy groups -OCH3 is 1. The van der Waals surface area contributed by atoms with Crippen LogP contribution in [-0.4, -0.2) is 54.0 Å². The van der Waals surface area contributed by atoms with E-state index in [1.807, 2.05) is 0 Å². The topological polar surface area (TPSA) is 139 Å². The third-order valence-corrected chi connectivity index (χ3v) is 7.11. The summed E-state index contributed by atoms with van der Waals surface area (Å²) >= 11 is 0.690. The molecule has 34 heavy (non-hydrogen) atoms. The van der Waals surface area contributed by atoms with Gasteiger partial charge in [0.1, 0.15) is 5.82 Å². The number of amidine groups is 2. The number of halogens is 1. The first-order valence-corrected chi connectivity index (χ1v) is 12.1. The van der Waals surface area contributed by atoms with Crippen LogP contribution in [0, 0.1) is 11.2 Å². The maximum Gasteiger partial charge on any atom is 0.343 e. The summed E-state index contributed by atoms with van der Waals surface area (Å²) in [4.78, 5) is 28.6. The van der Waals surface area contributed by atoms with Crippen LogP contribution in [0.2, 0.25) is 0 Å². The predicted octanol–water partition coefficient (Wildman–Crippen LogP) is 2.67. The highest BCUT2D eigenvalue weighted by atomic mass is 32.3. The summed E-state index contributed by atoms with van der Waals surface area (Å²) in [6.45, 7) is 0. The molecule has 0 unspecified atom stereocenters. The number of amides is 1. The normalized spacial score (nSPS) is 16.8. The number of hydrogen-bond acceptors (Lipinski definition) is 9. The van der Waals surface area contributed by atoms with Crippen molar-refractivity contribution in [2.75, 3.05) is 13.4 Å². The first-order chi connectivity index (χ1) is 16.1. The van der Waals surface area contributed by atoms with Crippen LogP contribution in [0.15, 0.2) is 58.1 Å². The fourth-order valence-electron chi connectivity index (χ4n) is 2.89. The van der Waals surface area contributed by atoms with Crippen molar-refractivity contribution in [1.82, 2.24) is 5.01 Å². The summed E-state index contributed by atoms with van der Waals surface area (Å²) in [5.74, 6) is -2.04.